The van der Waals surface area contributed by atoms with Crippen molar-refractivity contribution in [3.8, 4) is 0 Å². The fraction of sp³-hybridized carbons (Fsp3) is 0.588. The first-order chi connectivity index (χ1) is 9.90. The number of piperidine rings is 1. The van der Waals surface area contributed by atoms with E-state index in [9.17, 15) is 9.90 Å². The number of rotatable bonds is 4. The first-order valence-electron chi connectivity index (χ1n) is 7.53. The molecule has 4 heteroatoms. The van der Waals surface area contributed by atoms with Crippen molar-refractivity contribution in [2.45, 2.75) is 43.6 Å². The second-order valence-corrected chi connectivity index (χ2v) is 7.24. The van der Waals surface area contributed by atoms with Crippen LogP contribution in [0.4, 0.5) is 0 Å². The van der Waals surface area contributed by atoms with Crippen LogP contribution in [0.25, 0.3) is 0 Å². The third kappa shape index (κ3) is 4.48. The van der Waals surface area contributed by atoms with Gasteiger partial charge in [0, 0.05) is 23.9 Å². The van der Waals surface area contributed by atoms with Gasteiger partial charge < -0.3 is 10.0 Å². The quantitative estimate of drug-likeness (QED) is 0.870. The Morgan fingerprint density at radius 2 is 2.05 bits per heavy atom. The molecule has 1 amide bonds. The molecule has 1 atom stereocenters. The SMILES string of the molecule is CSc1ccc(CC(=O)N2CCC[C@H](C(C)(C)O)C2)cc1. The summed E-state index contributed by atoms with van der Waals surface area (Å²) in [4.78, 5) is 15.6. The molecule has 116 valence electrons. The van der Waals surface area contributed by atoms with Crippen LogP contribution in [0.5, 0.6) is 0 Å². The molecule has 1 heterocycles. The lowest BCUT2D eigenvalue weighted by Gasteiger charge is -2.38. The predicted octanol–water partition coefficient (Wildman–Crippen LogP) is 2.96. The van der Waals surface area contributed by atoms with E-state index in [4.69, 9.17) is 0 Å². The Morgan fingerprint density at radius 3 is 2.62 bits per heavy atom. The van der Waals surface area contributed by atoms with Crippen molar-refractivity contribution in [3.05, 3.63) is 29.8 Å². The van der Waals surface area contributed by atoms with E-state index in [1.165, 1.54) is 4.90 Å². The van der Waals surface area contributed by atoms with Gasteiger partial charge in [0.1, 0.15) is 0 Å². The van der Waals surface area contributed by atoms with Gasteiger partial charge in [0.25, 0.3) is 0 Å². The molecule has 21 heavy (non-hydrogen) atoms. The van der Waals surface area contributed by atoms with Crippen molar-refractivity contribution in [2.75, 3.05) is 19.3 Å². The highest BCUT2D eigenvalue weighted by atomic mass is 32.2. The Balaban J connectivity index is 1.96. The fourth-order valence-electron chi connectivity index (χ4n) is 2.81. The minimum Gasteiger partial charge on any atom is -0.390 e. The van der Waals surface area contributed by atoms with E-state index in [-0.39, 0.29) is 11.8 Å². The molecule has 0 unspecified atom stereocenters. The molecule has 0 aromatic heterocycles. The maximum Gasteiger partial charge on any atom is 0.227 e. The van der Waals surface area contributed by atoms with Gasteiger partial charge in [-0.25, -0.2) is 0 Å². The zero-order valence-corrected chi connectivity index (χ0v) is 13.9. The summed E-state index contributed by atoms with van der Waals surface area (Å²) in [5.41, 5.74) is 0.349. The van der Waals surface area contributed by atoms with E-state index < -0.39 is 5.60 Å². The van der Waals surface area contributed by atoms with Crippen molar-refractivity contribution >= 4 is 17.7 Å². The summed E-state index contributed by atoms with van der Waals surface area (Å²) in [5.74, 6) is 0.343. The van der Waals surface area contributed by atoms with Crippen molar-refractivity contribution in [1.29, 1.82) is 0 Å². The highest BCUT2D eigenvalue weighted by molar-refractivity contribution is 7.98. The molecular weight excluding hydrogens is 282 g/mol. The molecule has 1 aromatic rings. The summed E-state index contributed by atoms with van der Waals surface area (Å²) in [6, 6.07) is 8.18. The summed E-state index contributed by atoms with van der Waals surface area (Å²) in [6.07, 6.45) is 4.47. The van der Waals surface area contributed by atoms with Gasteiger partial charge in [0.2, 0.25) is 5.91 Å². The van der Waals surface area contributed by atoms with Crippen LogP contribution in [-0.2, 0) is 11.2 Å². The molecule has 1 fully saturated rings. The standard InChI is InChI=1S/C17H25NO2S/c1-17(2,20)14-5-4-10-18(12-14)16(19)11-13-6-8-15(21-3)9-7-13/h6-9,14,20H,4-5,10-12H2,1-3H3/t14-/m0/s1. The number of nitrogens with zero attached hydrogens (tertiary/aromatic N) is 1. The zero-order valence-electron chi connectivity index (χ0n) is 13.1. The Labute approximate surface area is 131 Å². The molecule has 0 saturated carbocycles. The van der Waals surface area contributed by atoms with Crippen LogP contribution in [-0.4, -0.2) is 40.9 Å². The number of amides is 1. The van der Waals surface area contributed by atoms with Crippen LogP contribution in [0.15, 0.2) is 29.2 Å². The molecule has 0 radical (unpaired) electrons. The van der Waals surface area contributed by atoms with E-state index in [2.05, 4.69) is 12.1 Å². The van der Waals surface area contributed by atoms with Gasteiger partial charge in [-0.1, -0.05) is 12.1 Å². The van der Waals surface area contributed by atoms with E-state index in [1.54, 1.807) is 11.8 Å². The molecular formula is C17H25NO2S. The number of hydrogen-bond acceptors (Lipinski definition) is 3. The topological polar surface area (TPSA) is 40.5 Å². The summed E-state index contributed by atoms with van der Waals surface area (Å²) in [7, 11) is 0. The largest absolute Gasteiger partial charge is 0.390 e. The van der Waals surface area contributed by atoms with Gasteiger partial charge in [0.15, 0.2) is 0 Å². The lowest BCUT2D eigenvalue weighted by molar-refractivity contribution is -0.134. The molecule has 1 N–H and O–H groups in total. The number of carbonyl (C=O) groups is 1. The average Bonchev–Trinajstić information content (AvgIpc) is 2.47. The normalized spacial score (nSPS) is 19.6. The fourth-order valence-corrected chi connectivity index (χ4v) is 3.22. The molecule has 1 aliphatic rings. The van der Waals surface area contributed by atoms with Crippen LogP contribution in [0.2, 0.25) is 0 Å². The van der Waals surface area contributed by atoms with Gasteiger partial charge in [-0.2, -0.15) is 0 Å². The number of aliphatic hydroxyl groups is 1. The predicted molar refractivity (Wildman–Crippen MR) is 87.5 cm³/mol. The summed E-state index contributed by atoms with van der Waals surface area (Å²) in [6.45, 7) is 5.17. The minimum atomic E-state index is -0.709. The van der Waals surface area contributed by atoms with Crippen LogP contribution >= 0.6 is 11.8 Å². The third-order valence-corrected chi connectivity index (χ3v) is 5.03. The smallest absolute Gasteiger partial charge is 0.227 e. The second kappa shape index (κ2) is 6.84. The Bertz CT molecular complexity index is 479. The molecule has 0 bridgehead atoms. The van der Waals surface area contributed by atoms with Gasteiger partial charge >= 0.3 is 0 Å². The Hall–Kier alpha value is -1.00. The monoisotopic (exact) mass is 307 g/mol. The van der Waals surface area contributed by atoms with Crippen LogP contribution in [0.3, 0.4) is 0 Å². The number of thioether (sulfide) groups is 1. The number of hydrogen-bond donors (Lipinski definition) is 1. The summed E-state index contributed by atoms with van der Waals surface area (Å²) in [5, 5.41) is 10.1. The highest BCUT2D eigenvalue weighted by Crippen LogP contribution is 2.27. The van der Waals surface area contributed by atoms with Crippen molar-refractivity contribution in [2.24, 2.45) is 5.92 Å². The molecule has 3 nitrogen and oxygen atoms in total. The van der Waals surface area contributed by atoms with E-state index >= 15 is 0 Å². The Morgan fingerprint density at radius 1 is 1.38 bits per heavy atom. The van der Waals surface area contributed by atoms with E-state index in [0.717, 1.165) is 24.9 Å². The number of benzene rings is 1. The number of likely N-dealkylation sites (tertiary alicyclic amines) is 1. The Kier molecular flexibility index (Phi) is 5.33. The first kappa shape index (κ1) is 16.4. The van der Waals surface area contributed by atoms with Gasteiger partial charge in [-0.05, 0) is 50.6 Å². The molecule has 1 aromatic carbocycles. The highest BCUT2D eigenvalue weighted by Gasteiger charge is 2.32. The van der Waals surface area contributed by atoms with Gasteiger partial charge in [-0.3, -0.25) is 4.79 Å². The lowest BCUT2D eigenvalue weighted by Crippen LogP contribution is -2.47. The molecule has 0 spiro atoms. The lowest BCUT2D eigenvalue weighted by atomic mass is 9.84. The van der Waals surface area contributed by atoms with E-state index in [1.807, 2.05) is 37.1 Å². The number of carbonyl (C=O) groups excluding carboxylic acids is 1. The third-order valence-electron chi connectivity index (χ3n) is 4.29. The second-order valence-electron chi connectivity index (χ2n) is 6.36. The summed E-state index contributed by atoms with van der Waals surface area (Å²) >= 11 is 1.70. The van der Waals surface area contributed by atoms with Crippen LogP contribution < -0.4 is 0 Å². The maximum absolute atomic E-state index is 12.4. The molecule has 1 aliphatic heterocycles. The van der Waals surface area contributed by atoms with Gasteiger partial charge in [-0.15, -0.1) is 11.8 Å². The summed E-state index contributed by atoms with van der Waals surface area (Å²) < 4.78 is 0. The average molecular weight is 307 g/mol. The zero-order chi connectivity index (χ0) is 15.5. The van der Waals surface area contributed by atoms with Crippen molar-refractivity contribution in [3.63, 3.8) is 0 Å². The minimum absolute atomic E-state index is 0.167. The maximum atomic E-state index is 12.4. The van der Waals surface area contributed by atoms with E-state index in [0.29, 0.717) is 13.0 Å². The molecule has 1 saturated heterocycles. The first-order valence-corrected chi connectivity index (χ1v) is 8.75. The van der Waals surface area contributed by atoms with Crippen molar-refractivity contribution < 1.29 is 9.90 Å². The van der Waals surface area contributed by atoms with Gasteiger partial charge in [0.05, 0.1) is 12.0 Å². The molecule has 2 rings (SSSR count). The van der Waals surface area contributed by atoms with Crippen LogP contribution in [0, 0.1) is 5.92 Å². The van der Waals surface area contributed by atoms with Crippen molar-refractivity contribution in [1.82, 2.24) is 4.90 Å². The molecule has 0 aliphatic carbocycles. The van der Waals surface area contributed by atoms with Crippen LogP contribution in [0.1, 0.15) is 32.3 Å².